The molecule has 5 heteroatoms. The number of rotatable bonds is 5. The third-order valence-corrected chi connectivity index (χ3v) is 4.77. The molecule has 0 bridgehead atoms. The molecule has 114 valence electrons. The van der Waals surface area contributed by atoms with Crippen LogP contribution in [-0.4, -0.2) is 22.0 Å². The lowest BCUT2D eigenvalue weighted by atomic mass is 10.3. The monoisotopic (exact) mass is 313 g/mol. The predicted octanol–water partition coefficient (Wildman–Crippen LogP) is 3.53. The Hall–Kier alpha value is -2.14. The van der Waals surface area contributed by atoms with E-state index in [1.54, 1.807) is 0 Å². The molecule has 22 heavy (non-hydrogen) atoms. The smallest absolute Gasteiger partial charge is 0.261 e. The van der Waals surface area contributed by atoms with E-state index >= 15 is 0 Å². The molecule has 0 saturated carbocycles. The van der Waals surface area contributed by atoms with Gasteiger partial charge in [0.2, 0.25) is 0 Å². The number of aryl methyl sites for hydroxylation is 3. The Bertz CT molecular complexity index is 803. The van der Waals surface area contributed by atoms with E-state index in [0.717, 1.165) is 40.3 Å². The summed E-state index contributed by atoms with van der Waals surface area (Å²) >= 11 is 1.49. The second kappa shape index (κ2) is 6.32. The number of hydrogen-bond acceptors (Lipinski definition) is 3. The summed E-state index contributed by atoms with van der Waals surface area (Å²) in [4.78, 5) is 17.4. The molecule has 0 aliphatic carbocycles. The maximum atomic E-state index is 12.0. The van der Waals surface area contributed by atoms with Crippen LogP contribution in [0.15, 0.2) is 35.7 Å². The third kappa shape index (κ3) is 2.90. The van der Waals surface area contributed by atoms with E-state index in [9.17, 15) is 4.79 Å². The lowest BCUT2D eigenvalue weighted by molar-refractivity contribution is 0.0956. The maximum Gasteiger partial charge on any atom is 0.261 e. The number of hydrogen-bond donors (Lipinski definition) is 1. The number of imidazole rings is 1. The van der Waals surface area contributed by atoms with Gasteiger partial charge >= 0.3 is 0 Å². The van der Waals surface area contributed by atoms with E-state index in [1.807, 2.05) is 43.5 Å². The summed E-state index contributed by atoms with van der Waals surface area (Å²) in [5.41, 5.74) is 3.22. The average molecular weight is 313 g/mol. The van der Waals surface area contributed by atoms with Crippen molar-refractivity contribution < 1.29 is 4.79 Å². The van der Waals surface area contributed by atoms with Crippen LogP contribution in [0.5, 0.6) is 0 Å². The highest BCUT2D eigenvalue weighted by Crippen LogP contribution is 2.16. The van der Waals surface area contributed by atoms with Crippen LogP contribution in [0, 0.1) is 13.8 Å². The van der Waals surface area contributed by atoms with E-state index < -0.39 is 0 Å². The van der Waals surface area contributed by atoms with Crippen molar-refractivity contribution in [2.75, 3.05) is 6.54 Å². The van der Waals surface area contributed by atoms with Crippen LogP contribution in [0.2, 0.25) is 0 Å². The summed E-state index contributed by atoms with van der Waals surface area (Å²) < 4.78 is 2.21. The molecule has 0 radical (unpaired) electrons. The van der Waals surface area contributed by atoms with Gasteiger partial charge in [0.25, 0.3) is 5.91 Å². The molecular weight excluding hydrogens is 294 g/mol. The zero-order chi connectivity index (χ0) is 15.5. The highest BCUT2D eigenvalue weighted by molar-refractivity contribution is 7.12. The summed E-state index contributed by atoms with van der Waals surface area (Å²) in [7, 11) is 0. The molecule has 1 N–H and O–H groups in total. The van der Waals surface area contributed by atoms with E-state index in [4.69, 9.17) is 0 Å². The van der Waals surface area contributed by atoms with Crippen molar-refractivity contribution >= 4 is 28.3 Å². The van der Waals surface area contributed by atoms with Crippen LogP contribution < -0.4 is 5.32 Å². The normalized spacial score (nSPS) is 11.0. The first-order chi connectivity index (χ1) is 10.7. The van der Waals surface area contributed by atoms with Gasteiger partial charge in [-0.3, -0.25) is 4.79 Å². The van der Waals surface area contributed by atoms with Gasteiger partial charge in [0.05, 0.1) is 15.9 Å². The standard InChI is InChI=1S/C17H19N3OS/c1-12-8-11-22-16(12)17(21)18-9-5-10-20-13(2)19-14-6-3-4-7-15(14)20/h3-4,6-8,11H,5,9-10H2,1-2H3,(H,18,21). The summed E-state index contributed by atoms with van der Waals surface area (Å²) in [5.74, 6) is 1.04. The molecule has 0 atom stereocenters. The number of fused-ring (bicyclic) bond motifs is 1. The Kier molecular flexibility index (Phi) is 4.24. The van der Waals surface area contributed by atoms with Crippen molar-refractivity contribution in [3.05, 3.63) is 52.0 Å². The number of carbonyl (C=O) groups is 1. The highest BCUT2D eigenvalue weighted by atomic mass is 32.1. The summed E-state index contributed by atoms with van der Waals surface area (Å²) in [5, 5.41) is 4.94. The Morgan fingerprint density at radius 1 is 1.27 bits per heavy atom. The maximum absolute atomic E-state index is 12.0. The fourth-order valence-electron chi connectivity index (χ4n) is 2.60. The van der Waals surface area contributed by atoms with Crippen molar-refractivity contribution in [1.82, 2.24) is 14.9 Å². The zero-order valence-electron chi connectivity index (χ0n) is 12.8. The number of amides is 1. The first-order valence-electron chi connectivity index (χ1n) is 7.41. The van der Waals surface area contributed by atoms with Gasteiger partial charge in [0.1, 0.15) is 5.82 Å². The van der Waals surface area contributed by atoms with Gasteiger partial charge in [-0.2, -0.15) is 0 Å². The van der Waals surface area contributed by atoms with Crippen molar-refractivity contribution in [1.29, 1.82) is 0 Å². The van der Waals surface area contributed by atoms with Gasteiger partial charge < -0.3 is 9.88 Å². The van der Waals surface area contributed by atoms with Crippen LogP contribution in [-0.2, 0) is 6.54 Å². The molecule has 0 spiro atoms. The molecule has 1 aromatic carbocycles. The number of aromatic nitrogens is 2. The molecule has 0 saturated heterocycles. The molecule has 3 aromatic rings. The van der Waals surface area contributed by atoms with E-state index in [-0.39, 0.29) is 5.91 Å². The van der Waals surface area contributed by atoms with Crippen LogP contribution >= 0.6 is 11.3 Å². The second-order valence-corrected chi connectivity index (χ2v) is 6.26. The molecule has 3 rings (SSSR count). The largest absolute Gasteiger partial charge is 0.351 e. The number of thiophene rings is 1. The van der Waals surface area contributed by atoms with E-state index in [2.05, 4.69) is 20.9 Å². The number of nitrogens with one attached hydrogen (secondary N) is 1. The topological polar surface area (TPSA) is 46.9 Å². The fourth-order valence-corrected chi connectivity index (χ4v) is 3.44. The summed E-state index contributed by atoms with van der Waals surface area (Å²) in [6, 6.07) is 10.1. The number of nitrogens with zero attached hydrogens (tertiary/aromatic N) is 2. The van der Waals surface area contributed by atoms with Gasteiger partial charge in [-0.05, 0) is 49.4 Å². The summed E-state index contributed by atoms with van der Waals surface area (Å²) in [6.45, 7) is 5.51. The number of para-hydroxylation sites is 2. The minimum Gasteiger partial charge on any atom is -0.351 e. The Morgan fingerprint density at radius 2 is 2.09 bits per heavy atom. The molecule has 4 nitrogen and oxygen atoms in total. The van der Waals surface area contributed by atoms with Crippen molar-refractivity contribution in [3.63, 3.8) is 0 Å². The zero-order valence-corrected chi connectivity index (χ0v) is 13.6. The molecule has 2 heterocycles. The molecule has 0 fully saturated rings. The molecule has 2 aromatic heterocycles. The summed E-state index contributed by atoms with van der Waals surface area (Å²) in [6.07, 6.45) is 0.886. The number of carbonyl (C=O) groups excluding carboxylic acids is 1. The van der Waals surface area contributed by atoms with Gasteiger partial charge in [-0.15, -0.1) is 11.3 Å². The number of benzene rings is 1. The van der Waals surface area contributed by atoms with Crippen LogP contribution in [0.25, 0.3) is 11.0 Å². The molecular formula is C17H19N3OS. The average Bonchev–Trinajstić information content (AvgIpc) is 3.07. The van der Waals surface area contributed by atoms with E-state index in [0.29, 0.717) is 6.54 Å². The SMILES string of the molecule is Cc1ccsc1C(=O)NCCCn1c(C)nc2ccccc21. The highest BCUT2D eigenvalue weighted by Gasteiger charge is 2.10. The minimum absolute atomic E-state index is 0.0275. The van der Waals surface area contributed by atoms with Gasteiger partial charge in [0, 0.05) is 13.1 Å². The van der Waals surface area contributed by atoms with Crippen LogP contribution in [0.4, 0.5) is 0 Å². The van der Waals surface area contributed by atoms with Gasteiger partial charge in [-0.1, -0.05) is 12.1 Å². The fraction of sp³-hybridized carbons (Fsp3) is 0.294. The third-order valence-electron chi connectivity index (χ3n) is 3.76. The molecule has 1 amide bonds. The van der Waals surface area contributed by atoms with Crippen LogP contribution in [0.1, 0.15) is 27.5 Å². The molecule has 0 aliphatic heterocycles. The quantitative estimate of drug-likeness (QED) is 0.732. The Labute approximate surface area is 133 Å². The predicted molar refractivity (Wildman–Crippen MR) is 90.5 cm³/mol. The van der Waals surface area contributed by atoms with Gasteiger partial charge in [-0.25, -0.2) is 4.98 Å². The van der Waals surface area contributed by atoms with E-state index in [1.165, 1.54) is 11.3 Å². The lowest BCUT2D eigenvalue weighted by Crippen LogP contribution is -2.25. The molecule has 0 unspecified atom stereocenters. The lowest BCUT2D eigenvalue weighted by Gasteiger charge is -2.08. The second-order valence-electron chi connectivity index (χ2n) is 5.34. The van der Waals surface area contributed by atoms with Crippen LogP contribution in [0.3, 0.4) is 0 Å². The Morgan fingerprint density at radius 3 is 2.86 bits per heavy atom. The first-order valence-corrected chi connectivity index (χ1v) is 8.29. The van der Waals surface area contributed by atoms with Gasteiger partial charge in [0.15, 0.2) is 0 Å². The van der Waals surface area contributed by atoms with Crippen molar-refractivity contribution in [2.24, 2.45) is 0 Å². The first kappa shape index (κ1) is 14.8. The Balaban J connectivity index is 1.58. The van der Waals surface area contributed by atoms with Crippen molar-refractivity contribution in [2.45, 2.75) is 26.8 Å². The molecule has 0 aliphatic rings. The minimum atomic E-state index is 0.0275. The van der Waals surface area contributed by atoms with Crippen molar-refractivity contribution in [3.8, 4) is 0 Å².